The molecule has 2 amide bonds. The molecule has 2 heterocycles. The quantitative estimate of drug-likeness (QED) is 0.858. The lowest BCUT2D eigenvalue weighted by Crippen LogP contribution is -2.48. The largest absolute Gasteiger partial charge is 0.481 e. The molecule has 0 saturated carbocycles. The van der Waals surface area contributed by atoms with Gasteiger partial charge in [0, 0.05) is 37.8 Å². The third-order valence-electron chi connectivity index (χ3n) is 4.49. The van der Waals surface area contributed by atoms with Crippen LogP contribution in [0.25, 0.3) is 0 Å². The SMILES string of the molecule is O=C(O)CC1CN(C(=O)C2CC(=O)N(c3cc(F)cc(F)c3)C2)CCO1. The highest BCUT2D eigenvalue weighted by atomic mass is 19.1. The number of aliphatic carboxylic acids is 1. The second-order valence-electron chi connectivity index (χ2n) is 6.41. The number of hydrogen-bond donors (Lipinski definition) is 1. The van der Waals surface area contributed by atoms with Crippen molar-refractivity contribution in [2.75, 3.05) is 31.1 Å². The van der Waals surface area contributed by atoms with Gasteiger partial charge in [0.2, 0.25) is 11.8 Å². The van der Waals surface area contributed by atoms with Crippen LogP contribution in [0.15, 0.2) is 18.2 Å². The minimum atomic E-state index is -1.01. The van der Waals surface area contributed by atoms with E-state index >= 15 is 0 Å². The fourth-order valence-corrected chi connectivity index (χ4v) is 3.31. The molecule has 2 atom stereocenters. The third-order valence-corrected chi connectivity index (χ3v) is 4.49. The van der Waals surface area contributed by atoms with Crippen molar-refractivity contribution in [1.82, 2.24) is 4.90 Å². The van der Waals surface area contributed by atoms with Gasteiger partial charge in [-0.3, -0.25) is 14.4 Å². The number of amides is 2. The molecule has 0 radical (unpaired) electrons. The third kappa shape index (κ3) is 3.98. The first-order valence-electron chi connectivity index (χ1n) is 8.22. The molecule has 0 bridgehead atoms. The van der Waals surface area contributed by atoms with Crippen molar-refractivity contribution in [3.05, 3.63) is 29.8 Å². The summed E-state index contributed by atoms with van der Waals surface area (Å²) in [5, 5.41) is 8.85. The summed E-state index contributed by atoms with van der Waals surface area (Å²) >= 11 is 0. The van der Waals surface area contributed by atoms with Gasteiger partial charge < -0.3 is 19.6 Å². The molecule has 2 fully saturated rings. The minimum Gasteiger partial charge on any atom is -0.481 e. The Morgan fingerprint density at radius 2 is 1.88 bits per heavy atom. The van der Waals surface area contributed by atoms with Crippen molar-refractivity contribution in [1.29, 1.82) is 0 Å². The summed E-state index contributed by atoms with van der Waals surface area (Å²) in [5.74, 6) is -3.92. The molecule has 1 aromatic rings. The zero-order valence-electron chi connectivity index (χ0n) is 13.9. The predicted octanol–water partition coefficient (Wildman–Crippen LogP) is 1.02. The number of carbonyl (C=O) groups excluding carboxylic acids is 2. The first-order valence-corrected chi connectivity index (χ1v) is 8.22. The van der Waals surface area contributed by atoms with Crippen LogP contribution in [-0.4, -0.2) is 60.1 Å². The molecule has 0 spiro atoms. The average molecular weight is 368 g/mol. The number of benzene rings is 1. The molecule has 2 aliphatic rings. The number of carboxylic acids is 1. The summed E-state index contributed by atoms with van der Waals surface area (Å²) < 4.78 is 32.1. The molecule has 1 N–H and O–H groups in total. The van der Waals surface area contributed by atoms with E-state index in [-0.39, 0.29) is 50.0 Å². The molecule has 9 heteroatoms. The number of anilines is 1. The van der Waals surface area contributed by atoms with Gasteiger partial charge in [0.1, 0.15) is 11.6 Å². The molecule has 2 aliphatic heterocycles. The molecule has 7 nitrogen and oxygen atoms in total. The van der Waals surface area contributed by atoms with E-state index in [1.54, 1.807) is 0 Å². The molecule has 1 aromatic carbocycles. The van der Waals surface area contributed by atoms with E-state index in [0.29, 0.717) is 12.6 Å². The van der Waals surface area contributed by atoms with Crippen molar-refractivity contribution < 1.29 is 33.0 Å². The number of carbonyl (C=O) groups is 3. The lowest BCUT2D eigenvalue weighted by atomic mass is 10.1. The van der Waals surface area contributed by atoms with Crippen LogP contribution in [0.1, 0.15) is 12.8 Å². The summed E-state index contributed by atoms with van der Waals surface area (Å²) in [6.45, 7) is 0.712. The van der Waals surface area contributed by atoms with E-state index in [1.165, 1.54) is 9.80 Å². The molecule has 26 heavy (non-hydrogen) atoms. The average Bonchev–Trinajstić information content (AvgIpc) is 2.95. The highest BCUT2D eigenvalue weighted by Crippen LogP contribution is 2.28. The second kappa shape index (κ2) is 7.36. The summed E-state index contributed by atoms with van der Waals surface area (Å²) in [4.78, 5) is 38.4. The number of halogens is 2. The maximum Gasteiger partial charge on any atom is 0.306 e. The van der Waals surface area contributed by atoms with Crippen LogP contribution in [0, 0.1) is 17.6 Å². The molecule has 0 aliphatic carbocycles. The molecular weight excluding hydrogens is 350 g/mol. The zero-order valence-corrected chi connectivity index (χ0v) is 13.9. The van der Waals surface area contributed by atoms with Crippen LogP contribution >= 0.6 is 0 Å². The van der Waals surface area contributed by atoms with Crippen molar-refractivity contribution in [2.24, 2.45) is 5.92 Å². The Labute approximate surface area is 148 Å². The maximum atomic E-state index is 13.4. The fraction of sp³-hybridized carbons (Fsp3) is 0.471. The molecule has 3 rings (SSSR count). The number of carboxylic acid groups (broad SMARTS) is 1. The predicted molar refractivity (Wildman–Crippen MR) is 85.4 cm³/mol. The number of rotatable bonds is 4. The normalized spacial score (nSPS) is 23.4. The standard InChI is InChI=1S/C17H18F2N2O5/c18-11-4-12(19)6-13(5-11)21-8-10(3-15(21)22)17(25)20-1-2-26-14(9-20)7-16(23)24/h4-6,10,14H,1-3,7-9H2,(H,23,24). The Hall–Kier alpha value is -2.55. The van der Waals surface area contributed by atoms with Gasteiger partial charge >= 0.3 is 5.97 Å². The number of morpholine rings is 1. The Kier molecular flexibility index (Phi) is 5.17. The lowest BCUT2D eigenvalue weighted by Gasteiger charge is -2.33. The molecule has 2 unspecified atom stereocenters. The van der Waals surface area contributed by atoms with E-state index < -0.39 is 29.6 Å². The van der Waals surface area contributed by atoms with Gasteiger partial charge in [0.05, 0.1) is 25.0 Å². The first-order chi connectivity index (χ1) is 12.3. The fourth-order valence-electron chi connectivity index (χ4n) is 3.31. The van der Waals surface area contributed by atoms with Crippen molar-refractivity contribution >= 4 is 23.5 Å². The molecule has 2 saturated heterocycles. The van der Waals surface area contributed by atoms with Crippen LogP contribution in [0.4, 0.5) is 14.5 Å². The van der Waals surface area contributed by atoms with E-state index in [1.807, 2.05) is 0 Å². The van der Waals surface area contributed by atoms with Crippen LogP contribution in [0.2, 0.25) is 0 Å². The van der Waals surface area contributed by atoms with Crippen LogP contribution in [0.5, 0.6) is 0 Å². The summed E-state index contributed by atoms with van der Waals surface area (Å²) in [6.07, 6.45) is -0.851. The van der Waals surface area contributed by atoms with Gasteiger partial charge in [-0.1, -0.05) is 0 Å². The van der Waals surface area contributed by atoms with Gasteiger partial charge in [-0.2, -0.15) is 0 Å². The second-order valence-corrected chi connectivity index (χ2v) is 6.41. The van der Waals surface area contributed by atoms with Gasteiger partial charge in [-0.25, -0.2) is 8.78 Å². The maximum absolute atomic E-state index is 13.4. The van der Waals surface area contributed by atoms with E-state index in [2.05, 4.69) is 0 Å². The minimum absolute atomic E-state index is 0.0293. The van der Waals surface area contributed by atoms with Gasteiger partial charge in [0.15, 0.2) is 0 Å². The van der Waals surface area contributed by atoms with Crippen LogP contribution in [-0.2, 0) is 19.1 Å². The zero-order chi connectivity index (χ0) is 18.8. The number of ether oxygens (including phenoxy) is 1. The molecule has 0 aromatic heterocycles. The molecule has 140 valence electrons. The van der Waals surface area contributed by atoms with Crippen molar-refractivity contribution in [3.8, 4) is 0 Å². The topological polar surface area (TPSA) is 87.2 Å². The summed E-state index contributed by atoms with van der Waals surface area (Å²) in [5.41, 5.74) is 0.0773. The van der Waals surface area contributed by atoms with Crippen LogP contribution in [0.3, 0.4) is 0 Å². The Balaban J connectivity index is 1.67. The highest BCUT2D eigenvalue weighted by Gasteiger charge is 2.39. The van der Waals surface area contributed by atoms with Crippen molar-refractivity contribution in [3.63, 3.8) is 0 Å². The van der Waals surface area contributed by atoms with Gasteiger partial charge in [0.25, 0.3) is 0 Å². The van der Waals surface area contributed by atoms with E-state index in [9.17, 15) is 23.2 Å². The van der Waals surface area contributed by atoms with Gasteiger partial charge in [-0.15, -0.1) is 0 Å². The number of hydrogen-bond acceptors (Lipinski definition) is 4. The number of nitrogens with zero attached hydrogens (tertiary/aromatic N) is 2. The van der Waals surface area contributed by atoms with Gasteiger partial charge in [-0.05, 0) is 12.1 Å². The van der Waals surface area contributed by atoms with E-state index in [4.69, 9.17) is 9.84 Å². The smallest absolute Gasteiger partial charge is 0.306 e. The Bertz CT molecular complexity index is 722. The first kappa shape index (κ1) is 18.2. The summed E-state index contributed by atoms with van der Waals surface area (Å²) in [6, 6.07) is 2.81. The lowest BCUT2D eigenvalue weighted by molar-refractivity contribution is -0.149. The Morgan fingerprint density at radius 1 is 1.19 bits per heavy atom. The molecular formula is C17H18F2N2O5. The Morgan fingerprint density at radius 3 is 2.54 bits per heavy atom. The van der Waals surface area contributed by atoms with Crippen molar-refractivity contribution in [2.45, 2.75) is 18.9 Å². The van der Waals surface area contributed by atoms with E-state index in [0.717, 1.165) is 12.1 Å². The van der Waals surface area contributed by atoms with Crippen LogP contribution < -0.4 is 4.90 Å². The monoisotopic (exact) mass is 368 g/mol. The summed E-state index contributed by atoms with van der Waals surface area (Å²) in [7, 11) is 0. The highest BCUT2D eigenvalue weighted by molar-refractivity contribution is 6.00.